The number of hydrogen-bond acceptors (Lipinski definition) is 2. The molecule has 2 aromatic carbocycles. The molecule has 0 aromatic heterocycles. The van der Waals surface area contributed by atoms with Crippen LogP contribution in [-0.2, 0) is 13.0 Å². The highest BCUT2D eigenvalue weighted by Gasteiger charge is 2.03. The van der Waals surface area contributed by atoms with Gasteiger partial charge in [0.25, 0.3) is 0 Å². The van der Waals surface area contributed by atoms with Crippen molar-refractivity contribution in [3.63, 3.8) is 0 Å². The molecule has 0 aliphatic rings. The van der Waals surface area contributed by atoms with Crippen LogP contribution < -0.4 is 10.5 Å². The van der Waals surface area contributed by atoms with Crippen LogP contribution in [-0.4, -0.2) is 6.04 Å². The van der Waals surface area contributed by atoms with Gasteiger partial charge in [-0.25, -0.2) is 0 Å². The fourth-order valence-electron chi connectivity index (χ4n) is 2.27. The summed E-state index contributed by atoms with van der Waals surface area (Å²) in [5.74, 6) is 0.911. The number of nitrogens with two attached hydrogens (primary N) is 1. The summed E-state index contributed by atoms with van der Waals surface area (Å²) in [6, 6.07) is 14.9. The van der Waals surface area contributed by atoms with Crippen LogP contribution in [0.2, 0.25) is 0 Å². The molecule has 0 bridgehead atoms. The molecule has 0 radical (unpaired) electrons. The zero-order valence-electron chi connectivity index (χ0n) is 13.2. The van der Waals surface area contributed by atoms with E-state index in [-0.39, 0.29) is 6.04 Å². The van der Waals surface area contributed by atoms with E-state index in [0.717, 1.165) is 18.6 Å². The van der Waals surface area contributed by atoms with Crippen molar-refractivity contribution in [1.29, 1.82) is 0 Å². The average Bonchev–Trinajstić information content (AvgIpc) is 2.49. The monoisotopic (exact) mass is 283 g/mol. The second-order valence-corrected chi connectivity index (χ2v) is 5.73. The van der Waals surface area contributed by atoms with Crippen molar-refractivity contribution >= 4 is 0 Å². The molecule has 0 spiro atoms. The van der Waals surface area contributed by atoms with Gasteiger partial charge < -0.3 is 10.5 Å². The maximum absolute atomic E-state index is 6.01. The van der Waals surface area contributed by atoms with Gasteiger partial charge in [-0.3, -0.25) is 0 Å². The molecule has 21 heavy (non-hydrogen) atoms. The number of hydrogen-bond donors (Lipinski definition) is 1. The summed E-state index contributed by atoms with van der Waals surface area (Å²) in [7, 11) is 0. The van der Waals surface area contributed by atoms with Crippen LogP contribution in [0.5, 0.6) is 5.75 Å². The van der Waals surface area contributed by atoms with Gasteiger partial charge in [-0.1, -0.05) is 37.3 Å². The summed E-state index contributed by atoms with van der Waals surface area (Å²) in [4.78, 5) is 0. The van der Waals surface area contributed by atoms with Crippen molar-refractivity contribution in [2.24, 2.45) is 5.73 Å². The topological polar surface area (TPSA) is 35.2 Å². The van der Waals surface area contributed by atoms with Gasteiger partial charge in [0, 0.05) is 6.04 Å². The third-order valence-corrected chi connectivity index (χ3v) is 3.90. The minimum Gasteiger partial charge on any atom is -0.489 e. The first kappa shape index (κ1) is 15.6. The Balaban J connectivity index is 1.99. The molecule has 0 aliphatic carbocycles. The van der Waals surface area contributed by atoms with Crippen molar-refractivity contribution in [2.75, 3.05) is 0 Å². The average molecular weight is 283 g/mol. The van der Waals surface area contributed by atoms with E-state index in [1.54, 1.807) is 0 Å². The van der Waals surface area contributed by atoms with E-state index in [1.807, 2.05) is 12.1 Å². The van der Waals surface area contributed by atoms with Gasteiger partial charge in [0.05, 0.1) is 0 Å². The van der Waals surface area contributed by atoms with Crippen LogP contribution in [0.1, 0.15) is 35.6 Å². The fourth-order valence-corrected chi connectivity index (χ4v) is 2.27. The van der Waals surface area contributed by atoms with Gasteiger partial charge in [0.15, 0.2) is 0 Å². The molecule has 0 saturated heterocycles. The van der Waals surface area contributed by atoms with Crippen LogP contribution in [0, 0.1) is 13.8 Å². The van der Waals surface area contributed by atoms with Gasteiger partial charge in [0.2, 0.25) is 0 Å². The SMILES string of the molecule is CCC(N)Cc1cccc(OCc2ccc(C)c(C)c2)c1. The lowest BCUT2D eigenvalue weighted by molar-refractivity contribution is 0.306. The van der Waals surface area contributed by atoms with E-state index in [1.165, 1.54) is 22.3 Å². The van der Waals surface area contributed by atoms with Crippen molar-refractivity contribution in [1.82, 2.24) is 0 Å². The number of benzene rings is 2. The Hall–Kier alpha value is -1.80. The predicted molar refractivity (Wildman–Crippen MR) is 88.7 cm³/mol. The van der Waals surface area contributed by atoms with Gasteiger partial charge >= 0.3 is 0 Å². The molecule has 0 fully saturated rings. The highest BCUT2D eigenvalue weighted by atomic mass is 16.5. The molecule has 2 nitrogen and oxygen atoms in total. The molecule has 112 valence electrons. The summed E-state index contributed by atoms with van der Waals surface area (Å²) >= 11 is 0. The molecular formula is C19H25NO. The molecule has 2 N–H and O–H groups in total. The molecular weight excluding hydrogens is 258 g/mol. The van der Waals surface area contributed by atoms with Gasteiger partial charge in [-0.05, 0) is 61.1 Å². The standard InChI is InChI=1S/C19H25NO/c1-4-18(20)11-16-6-5-7-19(12-16)21-13-17-9-8-14(2)15(3)10-17/h5-10,12,18H,4,11,13,20H2,1-3H3. The highest BCUT2D eigenvalue weighted by Crippen LogP contribution is 2.17. The van der Waals surface area contributed by atoms with Crippen molar-refractivity contribution in [3.05, 3.63) is 64.7 Å². The summed E-state index contributed by atoms with van der Waals surface area (Å²) in [6.07, 6.45) is 1.89. The van der Waals surface area contributed by atoms with Crippen LogP contribution >= 0.6 is 0 Å². The molecule has 0 amide bonds. The first-order valence-electron chi connectivity index (χ1n) is 7.62. The minimum absolute atomic E-state index is 0.222. The Labute approximate surface area is 127 Å². The van der Waals surface area contributed by atoms with Crippen molar-refractivity contribution in [3.8, 4) is 5.75 Å². The van der Waals surface area contributed by atoms with Gasteiger partial charge in [-0.2, -0.15) is 0 Å². The maximum Gasteiger partial charge on any atom is 0.120 e. The van der Waals surface area contributed by atoms with Gasteiger partial charge in [-0.15, -0.1) is 0 Å². The minimum atomic E-state index is 0.222. The second kappa shape index (κ2) is 7.28. The quantitative estimate of drug-likeness (QED) is 0.864. The number of rotatable bonds is 6. The molecule has 0 aliphatic heterocycles. The van der Waals surface area contributed by atoms with E-state index in [9.17, 15) is 0 Å². The Morgan fingerprint density at radius 1 is 1.00 bits per heavy atom. The lowest BCUT2D eigenvalue weighted by atomic mass is 10.0. The first-order chi connectivity index (χ1) is 10.1. The Kier molecular flexibility index (Phi) is 5.40. The Morgan fingerprint density at radius 3 is 2.52 bits per heavy atom. The molecule has 2 heteroatoms. The lowest BCUT2D eigenvalue weighted by Gasteiger charge is -2.11. The smallest absolute Gasteiger partial charge is 0.120 e. The zero-order chi connectivity index (χ0) is 15.2. The molecule has 0 saturated carbocycles. The molecule has 0 heterocycles. The van der Waals surface area contributed by atoms with Crippen LogP contribution in [0.15, 0.2) is 42.5 Å². The zero-order valence-corrected chi connectivity index (χ0v) is 13.2. The number of aryl methyl sites for hydroxylation is 2. The van der Waals surface area contributed by atoms with Crippen LogP contribution in [0.3, 0.4) is 0 Å². The third-order valence-electron chi connectivity index (χ3n) is 3.90. The molecule has 1 atom stereocenters. The van der Waals surface area contributed by atoms with E-state index in [2.05, 4.69) is 51.1 Å². The van der Waals surface area contributed by atoms with Gasteiger partial charge in [0.1, 0.15) is 12.4 Å². The Morgan fingerprint density at radius 2 is 1.81 bits per heavy atom. The van der Waals surface area contributed by atoms with Crippen LogP contribution in [0.25, 0.3) is 0 Å². The molecule has 2 aromatic rings. The Bertz CT molecular complexity index is 592. The predicted octanol–water partition coefficient (Wildman–Crippen LogP) is 4.16. The first-order valence-corrected chi connectivity index (χ1v) is 7.62. The van der Waals surface area contributed by atoms with Crippen molar-refractivity contribution < 1.29 is 4.74 Å². The third kappa shape index (κ3) is 4.61. The van der Waals surface area contributed by atoms with E-state index >= 15 is 0 Å². The highest BCUT2D eigenvalue weighted by molar-refractivity contribution is 5.31. The van der Waals surface area contributed by atoms with Crippen LogP contribution in [0.4, 0.5) is 0 Å². The van der Waals surface area contributed by atoms with E-state index in [0.29, 0.717) is 6.61 Å². The van der Waals surface area contributed by atoms with E-state index < -0.39 is 0 Å². The summed E-state index contributed by atoms with van der Waals surface area (Å²) < 4.78 is 5.90. The summed E-state index contributed by atoms with van der Waals surface area (Å²) in [5, 5.41) is 0. The lowest BCUT2D eigenvalue weighted by Crippen LogP contribution is -2.21. The normalized spacial score (nSPS) is 12.2. The largest absolute Gasteiger partial charge is 0.489 e. The molecule has 1 unspecified atom stereocenters. The van der Waals surface area contributed by atoms with Crippen molar-refractivity contribution in [2.45, 2.75) is 46.3 Å². The molecule has 2 rings (SSSR count). The number of ether oxygens (including phenoxy) is 1. The summed E-state index contributed by atoms with van der Waals surface area (Å²) in [6.45, 7) is 6.97. The van der Waals surface area contributed by atoms with E-state index in [4.69, 9.17) is 10.5 Å². The second-order valence-electron chi connectivity index (χ2n) is 5.73. The fraction of sp³-hybridized carbons (Fsp3) is 0.368. The summed E-state index contributed by atoms with van der Waals surface area (Å²) in [5.41, 5.74) is 11.1. The maximum atomic E-state index is 6.01.